The van der Waals surface area contributed by atoms with E-state index in [-0.39, 0.29) is 24.3 Å². The van der Waals surface area contributed by atoms with Crippen LogP contribution in [0.4, 0.5) is 11.4 Å². The molecule has 1 saturated carbocycles. The summed E-state index contributed by atoms with van der Waals surface area (Å²) in [6, 6.07) is 5.53. The van der Waals surface area contributed by atoms with E-state index in [0.29, 0.717) is 0 Å². The SMILES string of the molecule is CCNCC(=O)Nc1cccc(NC(=O)C2CC2)c1C. The maximum absolute atomic E-state index is 11.8. The first-order chi connectivity index (χ1) is 9.61. The molecular weight excluding hydrogens is 254 g/mol. The predicted molar refractivity (Wildman–Crippen MR) is 79.7 cm³/mol. The first-order valence-corrected chi connectivity index (χ1v) is 7.03. The zero-order valence-electron chi connectivity index (χ0n) is 12.0. The normalized spacial score (nSPS) is 13.9. The molecule has 1 aromatic carbocycles. The van der Waals surface area contributed by atoms with Gasteiger partial charge in [-0.2, -0.15) is 0 Å². The molecule has 2 rings (SSSR count). The zero-order chi connectivity index (χ0) is 14.5. The Hall–Kier alpha value is -1.88. The lowest BCUT2D eigenvalue weighted by molar-refractivity contribution is -0.117. The second-order valence-electron chi connectivity index (χ2n) is 5.07. The molecule has 1 aliphatic carbocycles. The van der Waals surface area contributed by atoms with Gasteiger partial charge in [0.15, 0.2) is 0 Å². The smallest absolute Gasteiger partial charge is 0.238 e. The van der Waals surface area contributed by atoms with E-state index in [1.165, 1.54) is 0 Å². The average Bonchev–Trinajstić information content (AvgIpc) is 3.25. The van der Waals surface area contributed by atoms with Crippen LogP contribution < -0.4 is 16.0 Å². The maximum Gasteiger partial charge on any atom is 0.238 e. The van der Waals surface area contributed by atoms with Crippen molar-refractivity contribution in [1.82, 2.24) is 5.32 Å². The molecule has 0 radical (unpaired) electrons. The van der Waals surface area contributed by atoms with Crippen LogP contribution in [-0.4, -0.2) is 24.9 Å². The van der Waals surface area contributed by atoms with Gasteiger partial charge in [0.25, 0.3) is 0 Å². The molecule has 5 nitrogen and oxygen atoms in total. The molecule has 5 heteroatoms. The van der Waals surface area contributed by atoms with E-state index in [0.717, 1.165) is 36.3 Å². The maximum atomic E-state index is 11.8. The molecule has 1 aromatic rings. The molecule has 20 heavy (non-hydrogen) atoms. The number of carbonyl (C=O) groups is 2. The van der Waals surface area contributed by atoms with Crippen LogP contribution in [0, 0.1) is 12.8 Å². The summed E-state index contributed by atoms with van der Waals surface area (Å²) in [4.78, 5) is 23.5. The highest BCUT2D eigenvalue weighted by atomic mass is 16.2. The fraction of sp³-hybridized carbons (Fsp3) is 0.467. The minimum absolute atomic E-state index is 0.0734. The van der Waals surface area contributed by atoms with Gasteiger partial charge in [-0.15, -0.1) is 0 Å². The Kier molecular flexibility index (Phi) is 4.74. The van der Waals surface area contributed by atoms with E-state index in [2.05, 4.69) is 16.0 Å². The van der Waals surface area contributed by atoms with Crippen LogP contribution in [0.1, 0.15) is 25.3 Å². The fourth-order valence-electron chi connectivity index (χ4n) is 1.92. The van der Waals surface area contributed by atoms with Crippen LogP contribution in [0.15, 0.2) is 18.2 Å². The Labute approximate surface area is 119 Å². The second-order valence-corrected chi connectivity index (χ2v) is 5.07. The first kappa shape index (κ1) is 14.5. The Bertz CT molecular complexity index is 510. The van der Waals surface area contributed by atoms with Gasteiger partial charge in [-0.3, -0.25) is 9.59 Å². The van der Waals surface area contributed by atoms with Gasteiger partial charge in [0.2, 0.25) is 11.8 Å². The number of hydrogen-bond donors (Lipinski definition) is 3. The second kappa shape index (κ2) is 6.52. The van der Waals surface area contributed by atoms with Crippen LogP contribution in [0.5, 0.6) is 0 Å². The average molecular weight is 275 g/mol. The van der Waals surface area contributed by atoms with E-state index >= 15 is 0 Å². The van der Waals surface area contributed by atoms with Crippen molar-refractivity contribution in [3.05, 3.63) is 23.8 Å². The fourth-order valence-corrected chi connectivity index (χ4v) is 1.92. The summed E-state index contributed by atoms with van der Waals surface area (Å²) in [5.74, 6) is 0.159. The van der Waals surface area contributed by atoms with Gasteiger partial charge in [0, 0.05) is 17.3 Å². The standard InChI is InChI=1S/C15H21N3O2/c1-3-16-9-14(19)17-12-5-4-6-13(10(12)2)18-15(20)11-7-8-11/h4-6,11,16H,3,7-9H2,1-2H3,(H,17,19)(H,18,20). The molecule has 0 atom stereocenters. The monoisotopic (exact) mass is 275 g/mol. The summed E-state index contributed by atoms with van der Waals surface area (Å²) in [6.45, 7) is 4.89. The molecule has 0 aliphatic heterocycles. The molecular formula is C15H21N3O2. The number of likely N-dealkylation sites (N-methyl/N-ethyl adjacent to an activating group) is 1. The molecule has 1 fully saturated rings. The van der Waals surface area contributed by atoms with E-state index in [4.69, 9.17) is 0 Å². The van der Waals surface area contributed by atoms with Crippen LogP contribution >= 0.6 is 0 Å². The van der Waals surface area contributed by atoms with Crippen LogP contribution in [0.3, 0.4) is 0 Å². The van der Waals surface area contributed by atoms with Crippen molar-refractivity contribution in [2.75, 3.05) is 23.7 Å². The van der Waals surface area contributed by atoms with E-state index in [1.807, 2.05) is 32.0 Å². The van der Waals surface area contributed by atoms with Crippen molar-refractivity contribution < 1.29 is 9.59 Å². The zero-order valence-corrected chi connectivity index (χ0v) is 12.0. The van der Waals surface area contributed by atoms with Crippen LogP contribution in [0.2, 0.25) is 0 Å². The van der Waals surface area contributed by atoms with Crippen molar-refractivity contribution >= 4 is 23.2 Å². The Morgan fingerprint density at radius 2 is 1.85 bits per heavy atom. The van der Waals surface area contributed by atoms with E-state index in [1.54, 1.807) is 0 Å². The lowest BCUT2D eigenvalue weighted by Gasteiger charge is -2.13. The van der Waals surface area contributed by atoms with Gasteiger partial charge in [-0.1, -0.05) is 13.0 Å². The number of nitrogens with one attached hydrogen (secondary N) is 3. The number of anilines is 2. The number of benzene rings is 1. The van der Waals surface area contributed by atoms with E-state index in [9.17, 15) is 9.59 Å². The Morgan fingerprint density at radius 1 is 1.20 bits per heavy atom. The number of carbonyl (C=O) groups excluding carboxylic acids is 2. The molecule has 108 valence electrons. The quantitative estimate of drug-likeness (QED) is 0.742. The lowest BCUT2D eigenvalue weighted by atomic mass is 10.1. The van der Waals surface area contributed by atoms with Gasteiger partial charge in [-0.25, -0.2) is 0 Å². The van der Waals surface area contributed by atoms with Crippen molar-refractivity contribution in [3.8, 4) is 0 Å². The summed E-state index contributed by atoms with van der Waals surface area (Å²) >= 11 is 0. The largest absolute Gasteiger partial charge is 0.326 e. The van der Waals surface area contributed by atoms with Gasteiger partial charge >= 0.3 is 0 Å². The molecule has 1 aliphatic rings. The van der Waals surface area contributed by atoms with Gasteiger partial charge in [0.05, 0.1) is 6.54 Å². The number of amides is 2. The molecule has 0 heterocycles. The third-order valence-electron chi connectivity index (χ3n) is 3.35. The van der Waals surface area contributed by atoms with Crippen molar-refractivity contribution in [3.63, 3.8) is 0 Å². The summed E-state index contributed by atoms with van der Waals surface area (Å²) < 4.78 is 0. The van der Waals surface area contributed by atoms with Crippen LogP contribution in [0.25, 0.3) is 0 Å². The van der Waals surface area contributed by atoms with Crippen molar-refractivity contribution in [2.45, 2.75) is 26.7 Å². The lowest BCUT2D eigenvalue weighted by Crippen LogP contribution is -2.28. The highest BCUT2D eigenvalue weighted by Crippen LogP contribution is 2.31. The van der Waals surface area contributed by atoms with Crippen LogP contribution in [-0.2, 0) is 9.59 Å². The summed E-state index contributed by atoms with van der Waals surface area (Å²) in [5.41, 5.74) is 2.39. The number of rotatable bonds is 6. The van der Waals surface area contributed by atoms with E-state index < -0.39 is 0 Å². The molecule has 3 N–H and O–H groups in total. The minimum atomic E-state index is -0.0828. The topological polar surface area (TPSA) is 70.2 Å². The highest BCUT2D eigenvalue weighted by molar-refractivity contribution is 5.97. The van der Waals surface area contributed by atoms with Gasteiger partial charge in [-0.05, 0) is 44.0 Å². The Morgan fingerprint density at radius 3 is 2.45 bits per heavy atom. The summed E-state index contributed by atoms with van der Waals surface area (Å²) in [7, 11) is 0. The van der Waals surface area contributed by atoms with Crippen molar-refractivity contribution in [2.24, 2.45) is 5.92 Å². The first-order valence-electron chi connectivity index (χ1n) is 7.03. The van der Waals surface area contributed by atoms with Gasteiger partial charge < -0.3 is 16.0 Å². The molecule has 0 aromatic heterocycles. The molecule has 2 amide bonds. The predicted octanol–water partition coefficient (Wildman–Crippen LogP) is 1.89. The Balaban J connectivity index is 2.02. The third kappa shape index (κ3) is 3.81. The highest BCUT2D eigenvalue weighted by Gasteiger charge is 2.29. The van der Waals surface area contributed by atoms with Gasteiger partial charge in [0.1, 0.15) is 0 Å². The molecule has 0 unspecified atom stereocenters. The molecule has 0 saturated heterocycles. The molecule has 0 spiro atoms. The summed E-state index contributed by atoms with van der Waals surface area (Å²) in [6.07, 6.45) is 1.95. The minimum Gasteiger partial charge on any atom is -0.326 e. The number of hydrogen-bond acceptors (Lipinski definition) is 3. The summed E-state index contributed by atoms with van der Waals surface area (Å²) in [5, 5.41) is 8.75. The molecule has 0 bridgehead atoms. The third-order valence-corrected chi connectivity index (χ3v) is 3.35. The van der Waals surface area contributed by atoms with Crippen molar-refractivity contribution in [1.29, 1.82) is 0 Å².